The zero-order chi connectivity index (χ0) is 19.3. The first kappa shape index (κ1) is 18.2. The van der Waals surface area contributed by atoms with E-state index in [1.807, 2.05) is 46.0 Å². The lowest BCUT2D eigenvalue weighted by atomic mass is 10.1. The zero-order valence-electron chi connectivity index (χ0n) is 15.9. The summed E-state index contributed by atoms with van der Waals surface area (Å²) < 4.78 is 7.58. The molecule has 1 saturated heterocycles. The monoisotopic (exact) mass is 377 g/mol. The molecule has 1 amide bonds. The van der Waals surface area contributed by atoms with Gasteiger partial charge in [-0.15, -0.1) is 0 Å². The molecular formula is C21H23N5O2. The Hall–Kier alpha value is -3.22. The molecule has 0 unspecified atom stereocenters. The summed E-state index contributed by atoms with van der Waals surface area (Å²) in [5, 5.41) is 0. The van der Waals surface area contributed by atoms with Gasteiger partial charge >= 0.3 is 0 Å². The van der Waals surface area contributed by atoms with Crippen molar-refractivity contribution in [3.05, 3.63) is 66.6 Å². The van der Waals surface area contributed by atoms with Gasteiger partial charge in [0.05, 0.1) is 24.1 Å². The number of carbonyl (C=O) groups excluding carboxylic acids is 1. The van der Waals surface area contributed by atoms with Crippen LogP contribution >= 0.6 is 0 Å². The number of para-hydroxylation sites is 1. The molecule has 1 atom stereocenters. The highest BCUT2D eigenvalue weighted by molar-refractivity contribution is 5.78. The molecule has 7 heteroatoms. The van der Waals surface area contributed by atoms with Crippen LogP contribution < -0.4 is 4.74 Å². The van der Waals surface area contributed by atoms with Gasteiger partial charge in [0, 0.05) is 25.4 Å². The minimum absolute atomic E-state index is 0.0230. The van der Waals surface area contributed by atoms with Crippen LogP contribution in [-0.4, -0.2) is 43.5 Å². The van der Waals surface area contributed by atoms with Gasteiger partial charge in [-0.1, -0.05) is 25.1 Å². The van der Waals surface area contributed by atoms with Crippen molar-refractivity contribution in [1.29, 1.82) is 0 Å². The average Bonchev–Trinajstić information content (AvgIpc) is 3.42. The summed E-state index contributed by atoms with van der Waals surface area (Å²) in [5.74, 6) is 2.32. The van der Waals surface area contributed by atoms with Gasteiger partial charge in [-0.2, -0.15) is 0 Å². The van der Waals surface area contributed by atoms with E-state index in [1.54, 1.807) is 18.6 Å². The summed E-state index contributed by atoms with van der Waals surface area (Å²) >= 11 is 0. The standard InChI is InChI=1S/C21H23N5O2/c1-2-19-23-10-12-26(19)20-14-22-13-17(24-20)18-9-6-11-25(18)21(27)15-28-16-7-4-3-5-8-16/h3-5,7-8,10,12-14,18H,2,6,9,11,15H2,1H3/t18-/m1/s1. The Bertz CT molecular complexity index is 941. The first-order valence-corrected chi connectivity index (χ1v) is 9.58. The fraction of sp³-hybridized carbons (Fsp3) is 0.333. The molecule has 2 aromatic heterocycles. The van der Waals surface area contributed by atoms with E-state index in [4.69, 9.17) is 9.72 Å². The number of imidazole rings is 1. The molecule has 0 N–H and O–H groups in total. The maximum absolute atomic E-state index is 12.8. The fourth-order valence-corrected chi connectivity index (χ4v) is 3.57. The van der Waals surface area contributed by atoms with Crippen molar-refractivity contribution in [2.24, 2.45) is 0 Å². The zero-order valence-corrected chi connectivity index (χ0v) is 15.9. The third-order valence-corrected chi connectivity index (χ3v) is 4.94. The molecule has 1 aliphatic rings. The van der Waals surface area contributed by atoms with Gasteiger partial charge in [-0.25, -0.2) is 9.97 Å². The van der Waals surface area contributed by atoms with Gasteiger partial charge in [0.2, 0.25) is 0 Å². The molecule has 0 radical (unpaired) electrons. The summed E-state index contributed by atoms with van der Waals surface area (Å²) in [5.41, 5.74) is 0.804. The molecule has 1 fully saturated rings. The Morgan fingerprint density at radius 3 is 2.93 bits per heavy atom. The number of likely N-dealkylation sites (tertiary alicyclic amines) is 1. The molecule has 3 heterocycles. The van der Waals surface area contributed by atoms with Gasteiger partial charge in [-0.3, -0.25) is 14.3 Å². The number of carbonyl (C=O) groups is 1. The molecule has 3 aromatic rings. The minimum Gasteiger partial charge on any atom is -0.484 e. The van der Waals surface area contributed by atoms with Crippen molar-refractivity contribution in [2.75, 3.05) is 13.2 Å². The largest absolute Gasteiger partial charge is 0.484 e. The lowest BCUT2D eigenvalue weighted by Gasteiger charge is -2.24. The van der Waals surface area contributed by atoms with Gasteiger partial charge in [0.1, 0.15) is 11.6 Å². The normalized spacial score (nSPS) is 16.3. The van der Waals surface area contributed by atoms with Gasteiger partial charge in [-0.05, 0) is 25.0 Å². The molecule has 1 aliphatic heterocycles. The molecule has 7 nitrogen and oxygen atoms in total. The highest BCUT2D eigenvalue weighted by atomic mass is 16.5. The number of nitrogens with zero attached hydrogens (tertiary/aromatic N) is 5. The highest BCUT2D eigenvalue weighted by Crippen LogP contribution is 2.31. The molecule has 4 rings (SSSR count). The summed E-state index contributed by atoms with van der Waals surface area (Å²) in [6.45, 7) is 2.79. The summed E-state index contributed by atoms with van der Waals surface area (Å²) in [6, 6.07) is 9.31. The Balaban J connectivity index is 1.50. The Morgan fingerprint density at radius 2 is 2.11 bits per heavy atom. The number of ether oxygens (including phenoxy) is 1. The van der Waals surface area contributed by atoms with Crippen LogP contribution in [-0.2, 0) is 11.2 Å². The lowest BCUT2D eigenvalue weighted by Crippen LogP contribution is -2.35. The third kappa shape index (κ3) is 3.74. The minimum atomic E-state index is -0.0760. The number of hydrogen-bond acceptors (Lipinski definition) is 5. The number of rotatable bonds is 6. The van der Waals surface area contributed by atoms with Crippen molar-refractivity contribution >= 4 is 5.91 Å². The molecule has 0 aliphatic carbocycles. The predicted molar refractivity (Wildman–Crippen MR) is 104 cm³/mol. The SMILES string of the molecule is CCc1nccn1-c1cncc([C@H]2CCCN2C(=O)COc2ccccc2)n1. The first-order chi connectivity index (χ1) is 13.8. The molecular weight excluding hydrogens is 354 g/mol. The second-order valence-electron chi connectivity index (χ2n) is 6.72. The highest BCUT2D eigenvalue weighted by Gasteiger charge is 2.31. The van der Waals surface area contributed by atoms with Crippen LogP contribution in [0.2, 0.25) is 0 Å². The van der Waals surface area contributed by atoms with E-state index in [9.17, 15) is 4.79 Å². The van der Waals surface area contributed by atoms with Crippen LogP contribution in [0.3, 0.4) is 0 Å². The van der Waals surface area contributed by atoms with Crippen molar-refractivity contribution in [1.82, 2.24) is 24.4 Å². The molecule has 0 spiro atoms. The maximum Gasteiger partial charge on any atom is 0.261 e. The van der Waals surface area contributed by atoms with Gasteiger partial charge < -0.3 is 9.64 Å². The van der Waals surface area contributed by atoms with E-state index >= 15 is 0 Å². The van der Waals surface area contributed by atoms with Crippen LogP contribution in [0.15, 0.2) is 55.1 Å². The Morgan fingerprint density at radius 1 is 1.25 bits per heavy atom. The van der Waals surface area contributed by atoms with Crippen molar-refractivity contribution in [3.8, 4) is 11.6 Å². The summed E-state index contributed by atoms with van der Waals surface area (Å²) in [6.07, 6.45) is 9.75. The smallest absolute Gasteiger partial charge is 0.261 e. The Labute approximate surface area is 164 Å². The number of amides is 1. The average molecular weight is 377 g/mol. The molecule has 0 saturated carbocycles. The van der Waals surface area contributed by atoms with E-state index in [2.05, 4.69) is 16.9 Å². The van der Waals surface area contributed by atoms with Crippen molar-refractivity contribution < 1.29 is 9.53 Å². The summed E-state index contributed by atoms with van der Waals surface area (Å²) in [4.78, 5) is 28.1. The van der Waals surface area contributed by atoms with Gasteiger partial charge in [0.15, 0.2) is 12.4 Å². The topological polar surface area (TPSA) is 73.1 Å². The third-order valence-electron chi connectivity index (χ3n) is 4.94. The van der Waals surface area contributed by atoms with E-state index in [0.29, 0.717) is 12.3 Å². The molecule has 144 valence electrons. The van der Waals surface area contributed by atoms with Crippen LogP contribution in [0.25, 0.3) is 5.82 Å². The number of aryl methyl sites for hydroxylation is 1. The van der Waals surface area contributed by atoms with E-state index in [-0.39, 0.29) is 18.6 Å². The van der Waals surface area contributed by atoms with Crippen molar-refractivity contribution in [3.63, 3.8) is 0 Å². The lowest BCUT2D eigenvalue weighted by molar-refractivity contribution is -0.134. The van der Waals surface area contributed by atoms with Crippen molar-refractivity contribution in [2.45, 2.75) is 32.2 Å². The fourth-order valence-electron chi connectivity index (χ4n) is 3.57. The second kappa shape index (κ2) is 8.21. The van der Waals surface area contributed by atoms with Crippen LogP contribution in [0.1, 0.15) is 37.3 Å². The number of aromatic nitrogens is 4. The molecule has 28 heavy (non-hydrogen) atoms. The summed E-state index contributed by atoms with van der Waals surface area (Å²) in [7, 11) is 0. The van der Waals surface area contributed by atoms with Crippen LogP contribution in [0.4, 0.5) is 0 Å². The maximum atomic E-state index is 12.8. The molecule has 0 bridgehead atoms. The van der Waals surface area contributed by atoms with Gasteiger partial charge in [0.25, 0.3) is 5.91 Å². The second-order valence-corrected chi connectivity index (χ2v) is 6.72. The van der Waals surface area contributed by atoms with E-state index in [1.165, 1.54) is 0 Å². The van der Waals surface area contributed by atoms with Crippen LogP contribution in [0, 0.1) is 0 Å². The first-order valence-electron chi connectivity index (χ1n) is 9.58. The Kier molecular flexibility index (Phi) is 5.32. The predicted octanol–water partition coefficient (Wildman–Crippen LogP) is 2.97. The quantitative estimate of drug-likeness (QED) is 0.660. The molecule has 1 aromatic carbocycles. The number of benzene rings is 1. The van der Waals surface area contributed by atoms with E-state index < -0.39 is 0 Å². The van der Waals surface area contributed by atoms with E-state index in [0.717, 1.165) is 36.6 Å². The number of hydrogen-bond donors (Lipinski definition) is 0. The van der Waals surface area contributed by atoms with Crippen LogP contribution in [0.5, 0.6) is 5.75 Å².